The van der Waals surface area contributed by atoms with Crippen LogP contribution in [0.25, 0.3) is 5.82 Å². The van der Waals surface area contributed by atoms with Crippen molar-refractivity contribution in [3.8, 4) is 5.82 Å². The van der Waals surface area contributed by atoms with E-state index in [1.807, 2.05) is 0 Å². The van der Waals surface area contributed by atoms with Gasteiger partial charge in [0.2, 0.25) is 5.82 Å². The minimum absolute atomic E-state index is 0.0972. The topological polar surface area (TPSA) is 162 Å². The normalized spacial score (nSPS) is 17.5. The zero-order valence-corrected chi connectivity index (χ0v) is 21.2. The molecule has 0 unspecified atom stereocenters. The number of anilines is 3. The Hall–Kier alpha value is -4.36. The highest BCUT2D eigenvalue weighted by atomic mass is 19.1. The zero-order chi connectivity index (χ0) is 27.4. The van der Waals surface area contributed by atoms with Crippen molar-refractivity contribution in [1.29, 1.82) is 0 Å². The number of rotatable bonds is 7. The molecule has 3 heterocycles. The average molecular weight is 530 g/mol. The minimum Gasteiger partial charge on any atom is -0.444 e. The molecule has 0 aromatic carbocycles. The van der Waals surface area contributed by atoms with Crippen molar-refractivity contribution in [2.75, 3.05) is 10.6 Å². The molecule has 0 spiro atoms. The third kappa shape index (κ3) is 6.49. The number of alkyl carbamates (subject to hydrolysis) is 1. The molecule has 1 saturated carbocycles. The molecule has 0 radical (unpaired) electrons. The summed E-state index contributed by atoms with van der Waals surface area (Å²) in [7, 11) is 0. The first-order valence-corrected chi connectivity index (χ1v) is 12.1. The summed E-state index contributed by atoms with van der Waals surface area (Å²) in [5.74, 6) is -2.88. The van der Waals surface area contributed by atoms with E-state index in [-0.39, 0.29) is 40.8 Å². The van der Waals surface area contributed by atoms with Crippen LogP contribution in [0.15, 0.2) is 30.7 Å². The quantitative estimate of drug-likeness (QED) is 0.359. The Bertz CT molecular complexity index is 1310. The number of hydrogen-bond acceptors (Lipinski definition) is 9. The maximum Gasteiger partial charge on any atom is 0.407 e. The highest BCUT2D eigenvalue weighted by Crippen LogP contribution is 2.28. The molecule has 1 aliphatic rings. The monoisotopic (exact) mass is 529 g/mol. The molecule has 0 aliphatic heterocycles. The van der Waals surface area contributed by atoms with Crippen LogP contribution < -0.4 is 21.7 Å². The maximum absolute atomic E-state index is 15.0. The molecule has 4 rings (SSSR count). The summed E-state index contributed by atoms with van der Waals surface area (Å²) >= 11 is 0. The molecule has 2 amide bonds. The van der Waals surface area contributed by atoms with Gasteiger partial charge in [-0.1, -0.05) is 12.8 Å². The van der Waals surface area contributed by atoms with Crippen LogP contribution in [0.4, 0.5) is 30.9 Å². The van der Waals surface area contributed by atoms with Gasteiger partial charge in [-0.3, -0.25) is 4.79 Å². The first-order chi connectivity index (χ1) is 18.0. The minimum atomic E-state index is -0.932. The molecule has 2 atom stereocenters. The predicted molar refractivity (Wildman–Crippen MR) is 134 cm³/mol. The van der Waals surface area contributed by atoms with Crippen molar-refractivity contribution >= 4 is 29.3 Å². The second kappa shape index (κ2) is 10.9. The van der Waals surface area contributed by atoms with Crippen molar-refractivity contribution in [2.24, 2.45) is 5.73 Å². The summed E-state index contributed by atoms with van der Waals surface area (Å²) in [5.41, 5.74) is 4.67. The number of carbonyl (C=O) groups excluding carboxylic acids is 2. The van der Waals surface area contributed by atoms with E-state index in [9.17, 15) is 14.0 Å². The number of halogens is 2. The van der Waals surface area contributed by atoms with Crippen LogP contribution in [0.2, 0.25) is 0 Å². The predicted octanol–water partition coefficient (Wildman–Crippen LogP) is 3.43. The standard InChI is InChI=1S/C24H29F2N9O3/c1-24(2,3)38-23(37)33-18-7-5-4-6-17(18)32-21-15(25)11-14(19(27)36)20(34-21)31-13-10-16(26)22(28-12-13)35-29-8-9-30-35/h8-12,17-18H,4-7H2,1-3H3,(H2,27,36)(H,33,37)(H2,31,32,34)/t17-,18+/m1/s1. The third-order valence-corrected chi connectivity index (χ3v) is 5.72. The Kier molecular flexibility index (Phi) is 7.69. The fourth-order valence-corrected chi connectivity index (χ4v) is 4.09. The lowest BCUT2D eigenvalue weighted by atomic mass is 9.90. The second-order valence-corrected chi connectivity index (χ2v) is 9.84. The second-order valence-electron chi connectivity index (χ2n) is 9.84. The number of nitrogens with one attached hydrogen (secondary N) is 3. The molecular weight excluding hydrogens is 500 g/mol. The number of pyridine rings is 2. The van der Waals surface area contributed by atoms with Crippen LogP contribution in [0.1, 0.15) is 56.8 Å². The van der Waals surface area contributed by atoms with Crippen molar-refractivity contribution < 1.29 is 23.1 Å². The van der Waals surface area contributed by atoms with Gasteiger partial charge in [-0.05, 0) is 39.7 Å². The third-order valence-electron chi connectivity index (χ3n) is 5.72. The van der Waals surface area contributed by atoms with Gasteiger partial charge < -0.3 is 26.4 Å². The molecule has 5 N–H and O–H groups in total. The Morgan fingerprint density at radius 1 is 1.05 bits per heavy atom. The van der Waals surface area contributed by atoms with E-state index < -0.39 is 29.2 Å². The lowest BCUT2D eigenvalue weighted by Gasteiger charge is -2.34. The maximum atomic E-state index is 15.0. The molecule has 3 aromatic heterocycles. The van der Waals surface area contributed by atoms with Gasteiger partial charge in [0.1, 0.15) is 11.4 Å². The largest absolute Gasteiger partial charge is 0.444 e. The summed E-state index contributed by atoms with van der Waals surface area (Å²) in [6.45, 7) is 5.29. The highest BCUT2D eigenvalue weighted by molar-refractivity contribution is 5.98. The first-order valence-electron chi connectivity index (χ1n) is 12.1. The Morgan fingerprint density at radius 2 is 1.74 bits per heavy atom. The fourth-order valence-electron chi connectivity index (χ4n) is 4.09. The van der Waals surface area contributed by atoms with E-state index in [4.69, 9.17) is 10.5 Å². The van der Waals surface area contributed by atoms with E-state index in [2.05, 4.69) is 36.1 Å². The van der Waals surface area contributed by atoms with Gasteiger partial charge >= 0.3 is 6.09 Å². The number of aromatic nitrogens is 5. The van der Waals surface area contributed by atoms with Crippen molar-refractivity contribution in [1.82, 2.24) is 30.3 Å². The molecule has 202 valence electrons. The molecule has 1 aliphatic carbocycles. The Morgan fingerprint density at radius 3 is 2.37 bits per heavy atom. The molecule has 1 fully saturated rings. The van der Waals surface area contributed by atoms with Crippen molar-refractivity contribution in [2.45, 2.75) is 64.1 Å². The molecule has 0 bridgehead atoms. The van der Waals surface area contributed by atoms with Gasteiger partial charge in [0.05, 0.1) is 35.9 Å². The molecule has 12 nitrogen and oxygen atoms in total. The number of nitrogens with two attached hydrogens (primary N) is 1. The van der Waals surface area contributed by atoms with E-state index >= 15 is 4.39 Å². The molecular formula is C24H29F2N9O3. The summed E-state index contributed by atoms with van der Waals surface area (Å²) in [5, 5.41) is 16.4. The van der Waals surface area contributed by atoms with Gasteiger partial charge in [0.15, 0.2) is 17.5 Å². The fraction of sp³-hybridized carbons (Fsp3) is 0.417. The number of amides is 2. The van der Waals surface area contributed by atoms with Crippen LogP contribution in [0, 0.1) is 11.6 Å². The number of carbonyl (C=O) groups is 2. The Labute approximate surface area is 217 Å². The zero-order valence-electron chi connectivity index (χ0n) is 21.2. The van der Waals surface area contributed by atoms with Crippen molar-refractivity contribution in [3.05, 3.63) is 47.9 Å². The van der Waals surface area contributed by atoms with Gasteiger partial charge in [-0.15, -0.1) is 4.80 Å². The van der Waals surface area contributed by atoms with Crippen LogP contribution in [0.3, 0.4) is 0 Å². The molecule has 0 saturated heterocycles. The van der Waals surface area contributed by atoms with Gasteiger partial charge in [0.25, 0.3) is 5.91 Å². The highest BCUT2D eigenvalue weighted by Gasteiger charge is 2.30. The van der Waals surface area contributed by atoms with E-state index in [1.54, 1.807) is 20.8 Å². The summed E-state index contributed by atoms with van der Waals surface area (Å²) < 4.78 is 35.0. The van der Waals surface area contributed by atoms with Crippen molar-refractivity contribution in [3.63, 3.8) is 0 Å². The van der Waals surface area contributed by atoms with Crippen LogP contribution in [-0.2, 0) is 4.74 Å². The summed E-state index contributed by atoms with van der Waals surface area (Å²) in [6.07, 6.45) is 6.51. The van der Waals surface area contributed by atoms with E-state index in [0.717, 1.165) is 29.8 Å². The molecule has 38 heavy (non-hydrogen) atoms. The number of ether oxygens (including phenoxy) is 1. The SMILES string of the molecule is CC(C)(C)OC(=O)N[C@H]1CCCC[C@H]1Nc1nc(Nc2cnc(-n3nccn3)c(F)c2)c(C(N)=O)cc1F. The first kappa shape index (κ1) is 26.7. The Balaban J connectivity index is 1.57. The number of hydrogen-bond donors (Lipinski definition) is 4. The summed E-state index contributed by atoms with van der Waals surface area (Å²) in [6, 6.07) is 1.36. The number of nitrogens with zero attached hydrogens (tertiary/aromatic N) is 5. The van der Waals surface area contributed by atoms with Crippen LogP contribution in [-0.4, -0.2) is 54.6 Å². The average Bonchev–Trinajstić information content (AvgIpc) is 3.35. The lowest BCUT2D eigenvalue weighted by Crippen LogP contribution is -2.50. The molecule has 14 heteroatoms. The van der Waals surface area contributed by atoms with Crippen LogP contribution >= 0.6 is 0 Å². The van der Waals surface area contributed by atoms with Gasteiger partial charge in [0, 0.05) is 12.1 Å². The number of primary amides is 1. The smallest absolute Gasteiger partial charge is 0.407 e. The lowest BCUT2D eigenvalue weighted by molar-refractivity contribution is 0.0488. The van der Waals surface area contributed by atoms with Gasteiger partial charge in [-0.2, -0.15) is 10.2 Å². The van der Waals surface area contributed by atoms with Crippen LogP contribution in [0.5, 0.6) is 0 Å². The molecule has 3 aromatic rings. The van der Waals surface area contributed by atoms with E-state index in [0.29, 0.717) is 12.8 Å². The van der Waals surface area contributed by atoms with E-state index in [1.165, 1.54) is 18.6 Å². The van der Waals surface area contributed by atoms with Gasteiger partial charge in [-0.25, -0.2) is 23.5 Å². The summed E-state index contributed by atoms with van der Waals surface area (Å²) in [4.78, 5) is 33.6.